The predicted molar refractivity (Wildman–Crippen MR) is 145 cm³/mol. The molecule has 1 amide bonds. The van der Waals surface area contributed by atoms with Gasteiger partial charge in [0, 0.05) is 22.5 Å². The fraction of sp³-hybridized carbons (Fsp3) is 0.0769. The van der Waals surface area contributed by atoms with Crippen LogP contribution in [0.5, 0.6) is 0 Å². The van der Waals surface area contributed by atoms with Gasteiger partial charge < -0.3 is 4.57 Å². The van der Waals surface area contributed by atoms with Crippen molar-refractivity contribution in [2.24, 2.45) is 0 Å². The van der Waals surface area contributed by atoms with Crippen LogP contribution in [0.2, 0.25) is 10.0 Å². The summed E-state index contributed by atoms with van der Waals surface area (Å²) in [4.78, 5) is 15.7. The maximum atomic E-state index is 13.4. The molecular weight excluding hydrogens is 491 g/mol. The Bertz CT molecular complexity index is 1480. The smallest absolute Gasteiger partial charge is 0.270 e. The van der Waals surface area contributed by atoms with Crippen LogP contribution in [0.3, 0.4) is 0 Å². The van der Waals surface area contributed by atoms with Crippen LogP contribution in [0.1, 0.15) is 17.0 Å². The number of thioether (sulfide) groups is 1. The van der Waals surface area contributed by atoms with E-state index in [4.69, 9.17) is 35.4 Å². The topological polar surface area (TPSA) is 25.2 Å². The van der Waals surface area contributed by atoms with E-state index in [1.165, 1.54) is 11.8 Å². The molecular formula is C26H18Cl2N2OS2. The van der Waals surface area contributed by atoms with Gasteiger partial charge in [-0.25, -0.2) is 0 Å². The van der Waals surface area contributed by atoms with E-state index < -0.39 is 0 Å². The Morgan fingerprint density at radius 2 is 1.70 bits per heavy atom. The van der Waals surface area contributed by atoms with Crippen molar-refractivity contribution in [2.45, 2.75) is 13.8 Å². The summed E-state index contributed by atoms with van der Waals surface area (Å²) in [6.45, 7) is 4.04. The molecule has 7 heteroatoms. The summed E-state index contributed by atoms with van der Waals surface area (Å²) in [5.41, 5.74) is 4.71. The number of benzene rings is 3. The molecule has 0 aliphatic carbocycles. The summed E-state index contributed by atoms with van der Waals surface area (Å²) in [6.07, 6.45) is 1.92. The summed E-state index contributed by atoms with van der Waals surface area (Å²) in [5, 5.41) is 3.08. The lowest BCUT2D eigenvalue weighted by molar-refractivity contribution is -0.113. The molecule has 0 N–H and O–H groups in total. The summed E-state index contributed by atoms with van der Waals surface area (Å²) in [6, 6.07) is 21.5. The summed E-state index contributed by atoms with van der Waals surface area (Å²) < 4.78 is 2.63. The molecule has 3 aromatic carbocycles. The van der Waals surface area contributed by atoms with E-state index in [2.05, 4.69) is 10.6 Å². The van der Waals surface area contributed by atoms with Crippen molar-refractivity contribution in [1.82, 2.24) is 4.57 Å². The number of hydrogen-bond acceptors (Lipinski definition) is 3. The normalized spacial score (nSPS) is 15.3. The number of nitrogens with zero attached hydrogens (tertiary/aromatic N) is 2. The molecule has 0 unspecified atom stereocenters. The Hall–Kier alpha value is -2.57. The number of anilines is 1. The van der Waals surface area contributed by atoms with E-state index in [1.807, 2.05) is 74.5 Å². The second-order valence-corrected chi connectivity index (χ2v) is 10.3. The standard InChI is InChI=1S/C26H18Cl2N2OS2/c1-15-12-18(16(2)29(15)19-10-11-21(27)22(28)14-19)13-24-25(31)30(26(32)33-24)23-9-5-7-17-6-3-4-8-20(17)23/h3-14H,1-2H3/b24-13+. The first kappa shape index (κ1) is 22.2. The lowest BCUT2D eigenvalue weighted by Gasteiger charge is -2.17. The van der Waals surface area contributed by atoms with E-state index >= 15 is 0 Å². The van der Waals surface area contributed by atoms with Gasteiger partial charge in [0.15, 0.2) is 4.32 Å². The Morgan fingerprint density at radius 1 is 0.939 bits per heavy atom. The van der Waals surface area contributed by atoms with Crippen molar-refractivity contribution in [2.75, 3.05) is 4.90 Å². The largest absolute Gasteiger partial charge is 0.318 e. The molecule has 0 saturated carbocycles. The number of carbonyl (C=O) groups is 1. The fourth-order valence-electron chi connectivity index (χ4n) is 4.18. The molecule has 2 heterocycles. The van der Waals surface area contributed by atoms with Gasteiger partial charge in [-0.2, -0.15) is 0 Å². The van der Waals surface area contributed by atoms with Gasteiger partial charge in [0.05, 0.1) is 20.6 Å². The number of amides is 1. The number of hydrogen-bond donors (Lipinski definition) is 0. The summed E-state index contributed by atoms with van der Waals surface area (Å²) in [5.74, 6) is -0.110. The van der Waals surface area contributed by atoms with Gasteiger partial charge in [-0.05, 0) is 61.2 Å². The molecule has 5 rings (SSSR count). The third kappa shape index (κ3) is 3.89. The number of rotatable bonds is 3. The number of fused-ring (bicyclic) bond motifs is 1. The van der Waals surface area contributed by atoms with Crippen molar-refractivity contribution in [3.63, 3.8) is 0 Å². The van der Waals surface area contributed by atoms with Gasteiger partial charge in [0.25, 0.3) is 5.91 Å². The average Bonchev–Trinajstić information content (AvgIpc) is 3.23. The van der Waals surface area contributed by atoms with Gasteiger partial charge in [-0.3, -0.25) is 9.69 Å². The first-order chi connectivity index (χ1) is 15.8. The van der Waals surface area contributed by atoms with Crippen LogP contribution in [-0.4, -0.2) is 14.8 Å². The van der Waals surface area contributed by atoms with Crippen molar-refractivity contribution in [3.8, 4) is 5.69 Å². The Kier molecular flexibility index (Phi) is 5.83. The lowest BCUT2D eigenvalue weighted by atomic mass is 10.1. The van der Waals surface area contributed by atoms with Crippen LogP contribution in [0.25, 0.3) is 22.5 Å². The molecule has 0 spiro atoms. The van der Waals surface area contributed by atoms with E-state index in [9.17, 15) is 4.79 Å². The minimum absolute atomic E-state index is 0.110. The van der Waals surface area contributed by atoms with E-state index in [1.54, 1.807) is 11.0 Å². The first-order valence-electron chi connectivity index (χ1n) is 10.3. The summed E-state index contributed by atoms with van der Waals surface area (Å²) >= 11 is 19.3. The molecule has 0 bridgehead atoms. The number of thiocarbonyl (C=S) groups is 1. The predicted octanol–water partition coefficient (Wildman–Crippen LogP) is 7.96. The van der Waals surface area contributed by atoms with Crippen molar-refractivity contribution in [1.29, 1.82) is 0 Å². The minimum atomic E-state index is -0.110. The molecule has 1 aliphatic heterocycles. The first-order valence-corrected chi connectivity index (χ1v) is 12.2. The van der Waals surface area contributed by atoms with Crippen LogP contribution in [-0.2, 0) is 4.79 Å². The fourth-order valence-corrected chi connectivity index (χ4v) is 5.74. The lowest BCUT2D eigenvalue weighted by Crippen LogP contribution is -2.27. The summed E-state index contributed by atoms with van der Waals surface area (Å²) in [7, 11) is 0. The Morgan fingerprint density at radius 3 is 2.48 bits per heavy atom. The van der Waals surface area contributed by atoms with Gasteiger partial charge in [0.1, 0.15) is 0 Å². The SMILES string of the molecule is Cc1cc(/C=C2/SC(=S)N(c3cccc4ccccc34)C2=O)c(C)n1-c1ccc(Cl)c(Cl)c1. The number of aromatic nitrogens is 1. The molecule has 1 aliphatic rings. The van der Waals surface area contributed by atoms with E-state index in [0.717, 1.165) is 39.1 Å². The van der Waals surface area contributed by atoms with Crippen LogP contribution >= 0.6 is 47.2 Å². The Balaban J connectivity index is 1.54. The van der Waals surface area contributed by atoms with E-state index in [0.29, 0.717) is 19.3 Å². The highest BCUT2D eigenvalue weighted by atomic mass is 35.5. The zero-order valence-corrected chi connectivity index (χ0v) is 20.9. The quantitative estimate of drug-likeness (QED) is 0.207. The molecule has 33 heavy (non-hydrogen) atoms. The molecule has 0 radical (unpaired) electrons. The molecule has 3 nitrogen and oxygen atoms in total. The van der Waals surface area contributed by atoms with Gasteiger partial charge >= 0.3 is 0 Å². The van der Waals surface area contributed by atoms with Crippen LogP contribution < -0.4 is 4.90 Å². The number of aryl methyl sites for hydroxylation is 1. The molecule has 1 saturated heterocycles. The molecule has 1 fully saturated rings. The zero-order chi connectivity index (χ0) is 23.3. The van der Waals surface area contributed by atoms with Crippen LogP contribution in [0.4, 0.5) is 5.69 Å². The van der Waals surface area contributed by atoms with Gasteiger partial charge in [-0.1, -0.05) is 83.6 Å². The third-order valence-corrected chi connectivity index (χ3v) is 7.76. The molecule has 1 aromatic heterocycles. The van der Waals surface area contributed by atoms with E-state index in [-0.39, 0.29) is 5.91 Å². The minimum Gasteiger partial charge on any atom is -0.318 e. The monoisotopic (exact) mass is 508 g/mol. The zero-order valence-electron chi connectivity index (χ0n) is 17.8. The Labute approximate surface area is 211 Å². The number of halogens is 2. The van der Waals surface area contributed by atoms with Crippen LogP contribution in [0.15, 0.2) is 71.6 Å². The van der Waals surface area contributed by atoms with Crippen molar-refractivity contribution < 1.29 is 4.79 Å². The highest BCUT2D eigenvalue weighted by Crippen LogP contribution is 2.39. The number of carbonyl (C=O) groups excluding carboxylic acids is 1. The second kappa shape index (κ2) is 8.65. The van der Waals surface area contributed by atoms with Crippen molar-refractivity contribution >= 4 is 79.9 Å². The highest BCUT2D eigenvalue weighted by molar-refractivity contribution is 8.27. The third-order valence-electron chi connectivity index (χ3n) is 5.72. The molecule has 4 aromatic rings. The van der Waals surface area contributed by atoms with Gasteiger partial charge in [-0.15, -0.1) is 0 Å². The van der Waals surface area contributed by atoms with Gasteiger partial charge in [0.2, 0.25) is 0 Å². The molecule has 164 valence electrons. The highest BCUT2D eigenvalue weighted by Gasteiger charge is 2.34. The van der Waals surface area contributed by atoms with Crippen molar-refractivity contribution in [3.05, 3.63) is 98.6 Å². The van der Waals surface area contributed by atoms with Crippen LogP contribution in [0, 0.1) is 13.8 Å². The average molecular weight is 509 g/mol. The maximum Gasteiger partial charge on any atom is 0.270 e. The maximum absolute atomic E-state index is 13.4. The second-order valence-electron chi connectivity index (χ2n) is 7.78. The molecule has 0 atom stereocenters.